The molecule has 0 saturated carbocycles. The molecule has 1 N–H and O–H groups in total. The molecule has 212 valence electrons. The van der Waals surface area contributed by atoms with Gasteiger partial charge >= 0.3 is 6.09 Å². The van der Waals surface area contributed by atoms with E-state index in [1.165, 1.54) is 0 Å². The van der Waals surface area contributed by atoms with Gasteiger partial charge in [-0.25, -0.2) is 4.79 Å². The normalized spacial score (nSPS) is 19.6. The Morgan fingerprint density at radius 1 is 1.07 bits per heavy atom. The summed E-state index contributed by atoms with van der Waals surface area (Å²) in [4.78, 5) is 33.6. The molecule has 40 heavy (non-hydrogen) atoms. The molecule has 2 unspecified atom stereocenters. The van der Waals surface area contributed by atoms with Gasteiger partial charge in [0.1, 0.15) is 0 Å². The molecule has 0 spiro atoms. The van der Waals surface area contributed by atoms with Crippen LogP contribution >= 0.6 is 23.9 Å². The van der Waals surface area contributed by atoms with Gasteiger partial charge in [-0.05, 0) is 77.9 Å². The number of hydrogen-bond acceptors (Lipinski definition) is 8. The van der Waals surface area contributed by atoms with Crippen LogP contribution in [0.25, 0.3) is 0 Å². The number of likely N-dealkylation sites (tertiary alicyclic amines) is 1. The molecule has 2 aliphatic rings. The van der Waals surface area contributed by atoms with E-state index in [4.69, 9.17) is 4.52 Å². The van der Waals surface area contributed by atoms with E-state index in [2.05, 4.69) is 34.6 Å². The highest BCUT2D eigenvalue weighted by atomic mass is 32.2. The largest absolute Gasteiger partial charge is 0.465 e. The number of carbonyl (C=O) groups is 2. The summed E-state index contributed by atoms with van der Waals surface area (Å²) in [7, 11) is 0. The fourth-order valence-corrected chi connectivity index (χ4v) is 7.52. The lowest BCUT2D eigenvalue weighted by Gasteiger charge is -2.45. The average molecular weight is 582 g/mol. The predicted molar refractivity (Wildman–Crippen MR) is 160 cm³/mol. The third kappa shape index (κ3) is 6.58. The molecular weight excluding hydrogens is 546 g/mol. The second-order valence-corrected chi connectivity index (χ2v) is 13.6. The van der Waals surface area contributed by atoms with Crippen LogP contribution in [0.2, 0.25) is 0 Å². The van der Waals surface area contributed by atoms with Crippen LogP contribution in [0, 0.1) is 11.3 Å². The van der Waals surface area contributed by atoms with Gasteiger partial charge in [-0.2, -0.15) is 4.98 Å². The van der Waals surface area contributed by atoms with Crippen molar-refractivity contribution in [3.63, 3.8) is 0 Å². The molecule has 3 heterocycles. The van der Waals surface area contributed by atoms with E-state index in [1.54, 1.807) is 33.7 Å². The van der Waals surface area contributed by atoms with Gasteiger partial charge < -0.3 is 19.4 Å². The molecule has 0 bridgehead atoms. The Labute approximate surface area is 243 Å². The minimum atomic E-state index is -0.891. The minimum Gasteiger partial charge on any atom is -0.465 e. The molecule has 0 radical (unpaired) electrons. The van der Waals surface area contributed by atoms with Gasteiger partial charge in [-0.15, -0.1) is 0 Å². The Kier molecular flexibility index (Phi) is 8.60. The number of aromatic nitrogens is 2. The first-order valence-corrected chi connectivity index (χ1v) is 15.4. The zero-order valence-corrected chi connectivity index (χ0v) is 24.7. The van der Waals surface area contributed by atoms with Crippen LogP contribution in [0.1, 0.15) is 55.7 Å². The van der Waals surface area contributed by atoms with Crippen LogP contribution in [0.4, 0.5) is 16.2 Å². The van der Waals surface area contributed by atoms with Gasteiger partial charge in [0.05, 0.1) is 12.1 Å². The van der Waals surface area contributed by atoms with Crippen molar-refractivity contribution in [3.8, 4) is 0 Å². The van der Waals surface area contributed by atoms with Crippen LogP contribution in [0.15, 0.2) is 59.1 Å². The Morgan fingerprint density at radius 2 is 1.77 bits per heavy atom. The van der Waals surface area contributed by atoms with E-state index in [0.717, 1.165) is 28.4 Å². The number of nitrogens with zero attached hydrogens (tertiary/aromatic N) is 5. The summed E-state index contributed by atoms with van der Waals surface area (Å²) in [5.41, 5.74) is 2.63. The highest BCUT2D eigenvalue weighted by Gasteiger charge is 2.40. The Bertz CT molecular complexity index is 1310. The lowest BCUT2D eigenvalue weighted by atomic mass is 9.77. The molecule has 0 aliphatic carbocycles. The quantitative estimate of drug-likeness (QED) is 0.325. The first kappa shape index (κ1) is 28.4. The zero-order valence-electron chi connectivity index (χ0n) is 23.0. The molecule has 2 fully saturated rings. The summed E-state index contributed by atoms with van der Waals surface area (Å²) in [6.45, 7) is 7.09. The van der Waals surface area contributed by atoms with E-state index in [1.807, 2.05) is 54.6 Å². The molecule has 5 rings (SSSR count). The van der Waals surface area contributed by atoms with Crippen molar-refractivity contribution in [2.75, 3.05) is 33.2 Å². The van der Waals surface area contributed by atoms with Crippen LogP contribution in [-0.4, -0.2) is 62.8 Å². The van der Waals surface area contributed by atoms with Crippen LogP contribution < -0.4 is 8.61 Å². The zero-order chi connectivity index (χ0) is 28.3. The fourth-order valence-electron chi connectivity index (χ4n) is 5.30. The SMILES string of the molecule is CC(C)(C)C1CC(CN(C(=O)c2noc(Cc3ccccc3)n2)c2ccc(N3SCCS3)cc2)CCN1C(=O)O. The summed E-state index contributed by atoms with van der Waals surface area (Å²) in [5.74, 6) is 2.35. The third-order valence-corrected chi connectivity index (χ3v) is 9.93. The number of amides is 2. The lowest BCUT2D eigenvalue weighted by molar-refractivity contribution is 0.0414. The van der Waals surface area contributed by atoms with E-state index >= 15 is 0 Å². The molecule has 1 aromatic heterocycles. The van der Waals surface area contributed by atoms with Crippen LogP contribution in [0.5, 0.6) is 0 Å². The molecule has 2 amide bonds. The van der Waals surface area contributed by atoms with E-state index < -0.39 is 6.09 Å². The van der Waals surface area contributed by atoms with Crippen molar-refractivity contribution in [1.29, 1.82) is 0 Å². The van der Waals surface area contributed by atoms with Crippen LogP contribution in [-0.2, 0) is 6.42 Å². The number of hydrogen-bond donors (Lipinski definition) is 1. The molecule has 11 heteroatoms. The smallest absolute Gasteiger partial charge is 0.407 e. The van der Waals surface area contributed by atoms with Crippen molar-refractivity contribution in [1.82, 2.24) is 15.0 Å². The van der Waals surface area contributed by atoms with E-state index in [9.17, 15) is 14.7 Å². The lowest BCUT2D eigenvalue weighted by Crippen LogP contribution is -2.53. The molecular formula is C29H35N5O4S2. The van der Waals surface area contributed by atoms with Crippen molar-refractivity contribution in [2.24, 2.45) is 11.3 Å². The van der Waals surface area contributed by atoms with Gasteiger partial charge in [-0.3, -0.25) is 8.51 Å². The summed E-state index contributed by atoms with van der Waals surface area (Å²) in [6.07, 6.45) is 0.900. The highest BCUT2D eigenvalue weighted by molar-refractivity contribution is 8.21. The molecule has 2 atom stereocenters. The minimum absolute atomic E-state index is 0.0241. The molecule has 2 saturated heterocycles. The number of benzene rings is 2. The Hall–Kier alpha value is -3.18. The summed E-state index contributed by atoms with van der Waals surface area (Å²) in [5, 5.41) is 13.8. The number of rotatable bonds is 7. The van der Waals surface area contributed by atoms with Gasteiger partial charge in [0, 0.05) is 36.3 Å². The van der Waals surface area contributed by atoms with Crippen molar-refractivity contribution < 1.29 is 19.2 Å². The Balaban J connectivity index is 1.39. The standard InChI is InChI=1S/C29H35N5O4S2/c1-29(2,3)24-17-21(13-14-32(24)28(36)37)19-33(22-9-11-23(12-10-22)34-39-15-16-40-34)27(35)26-30-25(38-31-26)18-20-7-5-4-6-8-20/h4-12,21,24H,13-19H2,1-3H3,(H,36,37). The third-order valence-electron chi connectivity index (χ3n) is 7.37. The maximum absolute atomic E-state index is 13.9. The summed E-state index contributed by atoms with van der Waals surface area (Å²) < 4.78 is 7.66. The molecule has 2 aromatic carbocycles. The number of carboxylic acid groups (broad SMARTS) is 1. The number of piperidine rings is 1. The fraction of sp³-hybridized carbons (Fsp3) is 0.448. The second kappa shape index (κ2) is 12.1. The van der Waals surface area contributed by atoms with Gasteiger partial charge in [0.2, 0.25) is 5.89 Å². The van der Waals surface area contributed by atoms with Crippen molar-refractivity contribution in [3.05, 3.63) is 71.9 Å². The van der Waals surface area contributed by atoms with Crippen molar-refractivity contribution in [2.45, 2.75) is 46.1 Å². The monoisotopic (exact) mass is 581 g/mol. The maximum Gasteiger partial charge on any atom is 0.407 e. The first-order valence-electron chi connectivity index (χ1n) is 13.5. The van der Waals surface area contributed by atoms with Crippen molar-refractivity contribution >= 4 is 47.3 Å². The second-order valence-electron chi connectivity index (χ2n) is 11.3. The van der Waals surface area contributed by atoms with Crippen LogP contribution in [0.3, 0.4) is 0 Å². The summed E-state index contributed by atoms with van der Waals surface area (Å²) >= 11 is 3.56. The first-order chi connectivity index (χ1) is 19.2. The van der Waals surface area contributed by atoms with Gasteiger partial charge in [0.15, 0.2) is 0 Å². The molecule has 9 nitrogen and oxygen atoms in total. The topological polar surface area (TPSA) is 103 Å². The van der Waals surface area contributed by atoms with Gasteiger partial charge in [0.25, 0.3) is 11.7 Å². The summed E-state index contributed by atoms with van der Waals surface area (Å²) in [6, 6.07) is 17.6. The Morgan fingerprint density at radius 3 is 2.42 bits per heavy atom. The number of carbonyl (C=O) groups excluding carboxylic acids is 1. The van der Waals surface area contributed by atoms with E-state index in [0.29, 0.717) is 38.2 Å². The number of anilines is 2. The predicted octanol–water partition coefficient (Wildman–Crippen LogP) is 6.23. The molecule has 3 aromatic rings. The van der Waals surface area contributed by atoms with Gasteiger partial charge in [-0.1, -0.05) is 56.3 Å². The average Bonchev–Trinajstić information content (AvgIpc) is 3.64. The van der Waals surface area contributed by atoms with E-state index in [-0.39, 0.29) is 29.1 Å². The maximum atomic E-state index is 13.9. The molecule has 2 aliphatic heterocycles. The highest BCUT2D eigenvalue weighted by Crippen LogP contribution is 2.38.